The summed E-state index contributed by atoms with van der Waals surface area (Å²) in [6, 6.07) is 14.2. The van der Waals surface area contributed by atoms with E-state index in [1.54, 1.807) is 18.3 Å². The van der Waals surface area contributed by atoms with Gasteiger partial charge in [0.05, 0.1) is 11.8 Å². The molecule has 2 rings (SSSR count). The number of anilines is 1. The van der Waals surface area contributed by atoms with Crippen LogP contribution in [-0.4, -0.2) is 22.4 Å². The van der Waals surface area contributed by atoms with Crippen molar-refractivity contribution in [1.82, 2.24) is 5.43 Å². The number of carboxylic acids is 1. The van der Waals surface area contributed by atoms with E-state index in [1.807, 2.05) is 31.2 Å². The Kier molecular flexibility index (Phi) is 5.21. The van der Waals surface area contributed by atoms with Gasteiger partial charge in [0.1, 0.15) is 0 Å². The van der Waals surface area contributed by atoms with Crippen LogP contribution in [0.3, 0.4) is 0 Å². The van der Waals surface area contributed by atoms with E-state index in [9.17, 15) is 4.79 Å². The highest BCUT2D eigenvalue weighted by Gasteiger charge is 2.03. The number of rotatable bonds is 4. The summed E-state index contributed by atoms with van der Waals surface area (Å²) in [6.07, 6.45) is 1.68. The first-order valence-electron chi connectivity index (χ1n) is 6.55. The highest BCUT2D eigenvalue weighted by molar-refractivity contribution is 7.80. The minimum Gasteiger partial charge on any atom is -0.478 e. The Labute approximate surface area is 133 Å². The molecule has 0 aromatic heterocycles. The molecular formula is C16H15N3O2S. The molecule has 5 nitrogen and oxygen atoms in total. The summed E-state index contributed by atoms with van der Waals surface area (Å²) in [5, 5.41) is 16.2. The summed E-state index contributed by atoms with van der Waals surface area (Å²) in [7, 11) is 0. The fourth-order valence-electron chi connectivity index (χ4n) is 1.78. The lowest BCUT2D eigenvalue weighted by Crippen LogP contribution is -2.24. The van der Waals surface area contributed by atoms with Gasteiger partial charge in [-0.15, -0.1) is 0 Å². The van der Waals surface area contributed by atoms with Crippen molar-refractivity contribution in [2.45, 2.75) is 6.92 Å². The number of hydrogen-bond acceptors (Lipinski definition) is 3. The molecule has 0 amide bonds. The first kappa shape index (κ1) is 15.7. The molecule has 0 atom stereocenters. The van der Waals surface area contributed by atoms with Gasteiger partial charge in [-0.05, 0) is 48.5 Å². The number of nitrogens with zero attached hydrogens (tertiary/aromatic N) is 1. The molecule has 0 aliphatic carbocycles. The van der Waals surface area contributed by atoms with Crippen LogP contribution in [0.25, 0.3) is 0 Å². The minimum atomic E-state index is -0.986. The highest BCUT2D eigenvalue weighted by Crippen LogP contribution is 2.10. The van der Waals surface area contributed by atoms with Gasteiger partial charge in [0.25, 0.3) is 0 Å². The maximum atomic E-state index is 10.9. The van der Waals surface area contributed by atoms with E-state index in [0.29, 0.717) is 5.69 Å². The molecule has 22 heavy (non-hydrogen) atoms. The van der Waals surface area contributed by atoms with E-state index in [4.69, 9.17) is 17.3 Å². The molecule has 3 N–H and O–H groups in total. The number of hydrogen-bond donors (Lipinski definition) is 3. The summed E-state index contributed by atoms with van der Waals surface area (Å²) >= 11 is 5.11. The molecule has 2 aromatic carbocycles. The third kappa shape index (κ3) is 4.39. The Hall–Kier alpha value is -2.73. The van der Waals surface area contributed by atoms with Crippen molar-refractivity contribution >= 4 is 35.2 Å². The Morgan fingerprint density at radius 1 is 1.23 bits per heavy atom. The van der Waals surface area contributed by atoms with E-state index in [0.717, 1.165) is 11.1 Å². The number of aryl methyl sites for hydroxylation is 1. The monoisotopic (exact) mass is 313 g/mol. The molecule has 0 aliphatic rings. The van der Waals surface area contributed by atoms with Gasteiger partial charge in [-0.25, -0.2) is 4.79 Å². The van der Waals surface area contributed by atoms with Crippen LogP contribution in [-0.2, 0) is 0 Å². The summed E-state index contributed by atoms with van der Waals surface area (Å²) in [5.74, 6) is -0.986. The summed E-state index contributed by atoms with van der Waals surface area (Å²) < 4.78 is 0. The Balaban J connectivity index is 1.95. The molecule has 2 aromatic rings. The topological polar surface area (TPSA) is 73.7 Å². The van der Waals surface area contributed by atoms with Gasteiger partial charge in [0, 0.05) is 5.69 Å². The van der Waals surface area contributed by atoms with Crippen molar-refractivity contribution in [3.63, 3.8) is 0 Å². The molecule has 0 fully saturated rings. The molecule has 0 saturated heterocycles. The van der Waals surface area contributed by atoms with Gasteiger partial charge in [0.15, 0.2) is 5.11 Å². The van der Waals surface area contributed by atoms with E-state index >= 15 is 0 Å². The lowest BCUT2D eigenvalue weighted by Gasteiger charge is -2.07. The average molecular weight is 313 g/mol. The SMILES string of the molecule is Cc1ccccc1C=NNC(=S)Nc1cccc(C(=O)O)c1. The van der Waals surface area contributed by atoms with E-state index < -0.39 is 5.97 Å². The first-order chi connectivity index (χ1) is 10.6. The molecular weight excluding hydrogens is 298 g/mol. The predicted molar refractivity (Wildman–Crippen MR) is 91.5 cm³/mol. The number of carboxylic acid groups (broad SMARTS) is 1. The van der Waals surface area contributed by atoms with Crippen molar-refractivity contribution in [2.24, 2.45) is 5.10 Å². The largest absolute Gasteiger partial charge is 0.478 e. The van der Waals surface area contributed by atoms with Crippen molar-refractivity contribution in [1.29, 1.82) is 0 Å². The van der Waals surface area contributed by atoms with Crippen molar-refractivity contribution in [3.05, 3.63) is 65.2 Å². The minimum absolute atomic E-state index is 0.191. The fraction of sp³-hybridized carbons (Fsp3) is 0.0625. The maximum Gasteiger partial charge on any atom is 0.335 e. The second-order valence-electron chi connectivity index (χ2n) is 4.57. The first-order valence-corrected chi connectivity index (χ1v) is 6.96. The average Bonchev–Trinajstić information content (AvgIpc) is 2.49. The van der Waals surface area contributed by atoms with Crippen molar-refractivity contribution in [2.75, 3.05) is 5.32 Å². The van der Waals surface area contributed by atoms with Gasteiger partial charge in [-0.3, -0.25) is 5.43 Å². The van der Waals surface area contributed by atoms with Crippen LogP contribution in [0.2, 0.25) is 0 Å². The van der Waals surface area contributed by atoms with E-state index in [-0.39, 0.29) is 10.7 Å². The summed E-state index contributed by atoms with van der Waals surface area (Å²) in [5.41, 5.74) is 5.58. The summed E-state index contributed by atoms with van der Waals surface area (Å²) in [6.45, 7) is 2.00. The third-order valence-electron chi connectivity index (χ3n) is 2.93. The lowest BCUT2D eigenvalue weighted by molar-refractivity contribution is 0.0697. The number of hydrazone groups is 1. The van der Waals surface area contributed by atoms with Crippen LogP contribution >= 0.6 is 12.2 Å². The standard InChI is InChI=1S/C16H15N3O2S/c1-11-5-2-3-6-13(11)10-17-19-16(22)18-14-8-4-7-12(9-14)15(20)21/h2-10H,1H3,(H,20,21)(H2,18,19,22). The van der Waals surface area contributed by atoms with Crippen LogP contribution < -0.4 is 10.7 Å². The van der Waals surface area contributed by atoms with Gasteiger partial charge in [-0.2, -0.15) is 5.10 Å². The Morgan fingerprint density at radius 3 is 2.73 bits per heavy atom. The number of nitrogens with one attached hydrogen (secondary N) is 2. The van der Waals surface area contributed by atoms with Crippen LogP contribution in [0.1, 0.15) is 21.5 Å². The number of aromatic carboxylic acids is 1. The van der Waals surface area contributed by atoms with E-state index in [2.05, 4.69) is 15.8 Å². The zero-order valence-electron chi connectivity index (χ0n) is 11.9. The van der Waals surface area contributed by atoms with Gasteiger partial charge < -0.3 is 10.4 Å². The third-order valence-corrected chi connectivity index (χ3v) is 3.12. The molecule has 112 valence electrons. The molecule has 0 bridgehead atoms. The number of carbonyl (C=O) groups is 1. The van der Waals surface area contributed by atoms with E-state index in [1.165, 1.54) is 12.1 Å². The molecule has 0 heterocycles. The molecule has 0 spiro atoms. The zero-order chi connectivity index (χ0) is 15.9. The predicted octanol–water partition coefficient (Wildman–Crippen LogP) is 3.01. The number of benzene rings is 2. The molecule has 0 radical (unpaired) electrons. The second kappa shape index (κ2) is 7.33. The van der Waals surface area contributed by atoms with Crippen LogP contribution in [0.15, 0.2) is 53.6 Å². The Bertz CT molecular complexity index is 729. The second-order valence-corrected chi connectivity index (χ2v) is 4.97. The van der Waals surface area contributed by atoms with Gasteiger partial charge in [-0.1, -0.05) is 30.3 Å². The van der Waals surface area contributed by atoms with Crippen molar-refractivity contribution in [3.8, 4) is 0 Å². The Morgan fingerprint density at radius 2 is 2.00 bits per heavy atom. The van der Waals surface area contributed by atoms with Crippen LogP contribution in [0.4, 0.5) is 5.69 Å². The fourth-order valence-corrected chi connectivity index (χ4v) is 1.95. The van der Waals surface area contributed by atoms with Crippen LogP contribution in [0, 0.1) is 6.92 Å². The smallest absolute Gasteiger partial charge is 0.335 e. The lowest BCUT2D eigenvalue weighted by atomic mass is 10.1. The number of thiocarbonyl (C=S) groups is 1. The summed E-state index contributed by atoms with van der Waals surface area (Å²) in [4.78, 5) is 10.9. The molecule has 0 saturated carbocycles. The quantitative estimate of drug-likeness (QED) is 0.460. The van der Waals surface area contributed by atoms with Crippen molar-refractivity contribution < 1.29 is 9.90 Å². The van der Waals surface area contributed by atoms with Crippen LogP contribution in [0.5, 0.6) is 0 Å². The van der Waals surface area contributed by atoms with Gasteiger partial charge >= 0.3 is 5.97 Å². The normalized spacial score (nSPS) is 10.4. The highest BCUT2D eigenvalue weighted by atomic mass is 32.1. The molecule has 6 heteroatoms. The zero-order valence-corrected chi connectivity index (χ0v) is 12.7. The van der Waals surface area contributed by atoms with Gasteiger partial charge in [0.2, 0.25) is 0 Å². The molecule has 0 unspecified atom stereocenters. The molecule has 0 aliphatic heterocycles. The maximum absolute atomic E-state index is 10.9.